The van der Waals surface area contributed by atoms with Crippen molar-refractivity contribution in [3.8, 4) is 0 Å². The van der Waals surface area contributed by atoms with Gasteiger partial charge in [-0.3, -0.25) is 4.90 Å². The van der Waals surface area contributed by atoms with Crippen molar-refractivity contribution in [1.82, 2.24) is 9.80 Å². The Balaban J connectivity index is 2.00. The Morgan fingerprint density at radius 3 is 2.83 bits per heavy atom. The predicted molar refractivity (Wildman–Crippen MR) is 77.9 cm³/mol. The van der Waals surface area contributed by atoms with Crippen LogP contribution in [0, 0.1) is 0 Å². The molecule has 1 unspecified atom stereocenters. The number of nitrogen functional groups attached to an aromatic ring is 1. The molecule has 0 radical (unpaired) electrons. The molecule has 0 bridgehead atoms. The van der Waals surface area contributed by atoms with Crippen molar-refractivity contribution in [2.75, 3.05) is 32.9 Å². The number of piperidine rings is 1. The van der Waals surface area contributed by atoms with Gasteiger partial charge in [-0.2, -0.15) is 0 Å². The molecule has 0 amide bonds. The fraction of sp³-hybridized carbons (Fsp3) is 0.571. The number of benzene rings is 1. The van der Waals surface area contributed by atoms with E-state index in [0.717, 1.165) is 30.3 Å². The molecule has 18 heavy (non-hydrogen) atoms. The van der Waals surface area contributed by atoms with Crippen LogP contribution in [-0.2, 0) is 6.54 Å². The Bertz CT molecular complexity index is 386. The summed E-state index contributed by atoms with van der Waals surface area (Å²) in [4.78, 5) is 4.80. The minimum absolute atomic E-state index is 0.662. The molecule has 3 nitrogen and oxygen atoms in total. The highest BCUT2D eigenvalue weighted by molar-refractivity contribution is 6.30. The number of likely N-dealkylation sites (tertiary alicyclic amines) is 1. The van der Waals surface area contributed by atoms with Crippen molar-refractivity contribution >= 4 is 17.3 Å². The van der Waals surface area contributed by atoms with Crippen LogP contribution in [0.2, 0.25) is 5.02 Å². The lowest BCUT2D eigenvalue weighted by atomic mass is 10.0. The molecular weight excluding hydrogens is 246 g/mol. The maximum atomic E-state index is 6.04. The first-order chi connectivity index (χ1) is 8.54. The van der Waals surface area contributed by atoms with Crippen molar-refractivity contribution in [3.05, 3.63) is 28.8 Å². The summed E-state index contributed by atoms with van der Waals surface area (Å²) in [5.41, 5.74) is 7.79. The Morgan fingerprint density at radius 1 is 1.39 bits per heavy atom. The summed E-state index contributed by atoms with van der Waals surface area (Å²) in [7, 11) is 4.32. The summed E-state index contributed by atoms with van der Waals surface area (Å²) >= 11 is 6.04. The number of likely N-dealkylation sites (N-methyl/N-ethyl adjacent to an activating group) is 1. The Hall–Kier alpha value is -0.770. The van der Waals surface area contributed by atoms with Gasteiger partial charge in [0, 0.05) is 29.8 Å². The molecule has 1 atom stereocenters. The summed E-state index contributed by atoms with van der Waals surface area (Å²) in [5.74, 6) is 0. The van der Waals surface area contributed by atoms with Gasteiger partial charge in [0.15, 0.2) is 0 Å². The van der Waals surface area contributed by atoms with E-state index in [2.05, 4.69) is 23.9 Å². The monoisotopic (exact) mass is 267 g/mol. The van der Waals surface area contributed by atoms with Crippen molar-refractivity contribution in [2.24, 2.45) is 0 Å². The third-order valence-corrected chi connectivity index (χ3v) is 3.82. The number of hydrogen-bond donors (Lipinski definition) is 1. The largest absolute Gasteiger partial charge is 0.399 e. The number of nitrogens with two attached hydrogens (primary N) is 1. The molecule has 1 saturated heterocycles. The minimum atomic E-state index is 0.662. The molecule has 100 valence electrons. The van der Waals surface area contributed by atoms with Gasteiger partial charge in [-0.15, -0.1) is 0 Å². The van der Waals surface area contributed by atoms with E-state index in [4.69, 9.17) is 17.3 Å². The second kappa shape index (κ2) is 5.91. The first-order valence-corrected chi connectivity index (χ1v) is 6.86. The van der Waals surface area contributed by atoms with E-state index >= 15 is 0 Å². The lowest BCUT2D eigenvalue weighted by Gasteiger charge is -2.36. The van der Waals surface area contributed by atoms with Gasteiger partial charge >= 0.3 is 0 Å². The van der Waals surface area contributed by atoms with E-state index in [1.165, 1.54) is 18.4 Å². The molecule has 1 aliphatic heterocycles. The van der Waals surface area contributed by atoms with E-state index in [0.29, 0.717) is 6.04 Å². The number of nitrogens with zero attached hydrogens (tertiary/aromatic N) is 2. The molecule has 0 saturated carbocycles. The first-order valence-electron chi connectivity index (χ1n) is 6.48. The molecular formula is C14H22ClN3. The molecule has 4 heteroatoms. The number of hydrogen-bond acceptors (Lipinski definition) is 3. The molecule has 0 aromatic heterocycles. The van der Waals surface area contributed by atoms with E-state index in [1.807, 2.05) is 12.1 Å². The van der Waals surface area contributed by atoms with Gasteiger partial charge in [0.05, 0.1) is 0 Å². The number of rotatable bonds is 3. The summed E-state index contributed by atoms with van der Waals surface area (Å²) in [6, 6.07) is 6.49. The van der Waals surface area contributed by atoms with Gasteiger partial charge in [-0.05, 0) is 57.2 Å². The molecule has 2 rings (SSSR count). The molecule has 2 N–H and O–H groups in total. The van der Waals surface area contributed by atoms with Crippen LogP contribution in [0.25, 0.3) is 0 Å². The van der Waals surface area contributed by atoms with Gasteiger partial charge in [0.2, 0.25) is 0 Å². The fourth-order valence-electron chi connectivity index (χ4n) is 2.62. The highest BCUT2D eigenvalue weighted by atomic mass is 35.5. The Morgan fingerprint density at radius 2 is 2.17 bits per heavy atom. The quantitative estimate of drug-likeness (QED) is 0.854. The zero-order chi connectivity index (χ0) is 13.1. The lowest BCUT2D eigenvalue weighted by Crippen LogP contribution is -2.44. The van der Waals surface area contributed by atoms with E-state index in [1.54, 1.807) is 6.07 Å². The normalized spacial score (nSPS) is 21.4. The van der Waals surface area contributed by atoms with Crippen molar-refractivity contribution < 1.29 is 0 Å². The van der Waals surface area contributed by atoms with Crippen molar-refractivity contribution in [1.29, 1.82) is 0 Å². The van der Waals surface area contributed by atoms with Crippen molar-refractivity contribution in [2.45, 2.75) is 25.4 Å². The van der Waals surface area contributed by atoms with E-state index < -0.39 is 0 Å². The summed E-state index contributed by atoms with van der Waals surface area (Å²) in [6.07, 6.45) is 2.56. The maximum Gasteiger partial charge on any atom is 0.0429 e. The molecule has 1 aliphatic rings. The van der Waals surface area contributed by atoms with Gasteiger partial charge < -0.3 is 10.6 Å². The van der Waals surface area contributed by atoms with Crippen LogP contribution in [0.5, 0.6) is 0 Å². The third-order valence-electron chi connectivity index (χ3n) is 3.60. The lowest BCUT2D eigenvalue weighted by molar-refractivity contribution is 0.128. The summed E-state index contributed by atoms with van der Waals surface area (Å²) in [6.45, 7) is 3.23. The standard InChI is InChI=1S/C14H22ClN3/c1-17(2)14-4-3-5-18(10-14)9-11-6-12(15)8-13(16)7-11/h6-8,14H,3-5,9-10,16H2,1-2H3. The van der Waals surface area contributed by atoms with Gasteiger partial charge in [0.25, 0.3) is 0 Å². The SMILES string of the molecule is CN(C)C1CCCN(Cc2cc(N)cc(Cl)c2)C1. The van der Waals surface area contributed by atoms with Crippen LogP contribution >= 0.6 is 11.6 Å². The van der Waals surface area contributed by atoms with Crippen LogP contribution in [0.1, 0.15) is 18.4 Å². The zero-order valence-corrected chi connectivity index (χ0v) is 12.0. The predicted octanol–water partition coefficient (Wildman–Crippen LogP) is 2.45. The Kier molecular flexibility index (Phi) is 4.49. The van der Waals surface area contributed by atoms with Crippen LogP contribution in [0.15, 0.2) is 18.2 Å². The van der Waals surface area contributed by atoms with E-state index in [9.17, 15) is 0 Å². The van der Waals surface area contributed by atoms with Crippen LogP contribution in [-0.4, -0.2) is 43.0 Å². The van der Waals surface area contributed by atoms with Gasteiger partial charge in [0.1, 0.15) is 0 Å². The molecule has 1 fully saturated rings. The second-order valence-electron chi connectivity index (χ2n) is 5.39. The molecule has 1 aromatic carbocycles. The van der Waals surface area contributed by atoms with Crippen LogP contribution in [0.3, 0.4) is 0 Å². The smallest absolute Gasteiger partial charge is 0.0429 e. The average Bonchev–Trinajstić information content (AvgIpc) is 2.27. The van der Waals surface area contributed by atoms with Gasteiger partial charge in [-0.1, -0.05) is 11.6 Å². The van der Waals surface area contributed by atoms with Crippen molar-refractivity contribution in [3.63, 3.8) is 0 Å². The number of halogens is 1. The third kappa shape index (κ3) is 3.61. The van der Waals surface area contributed by atoms with Crippen LogP contribution < -0.4 is 5.73 Å². The zero-order valence-electron chi connectivity index (χ0n) is 11.2. The second-order valence-corrected chi connectivity index (χ2v) is 5.82. The molecule has 0 aliphatic carbocycles. The molecule has 0 spiro atoms. The highest BCUT2D eigenvalue weighted by Crippen LogP contribution is 2.20. The highest BCUT2D eigenvalue weighted by Gasteiger charge is 2.21. The number of anilines is 1. The van der Waals surface area contributed by atoms with E-state index in [-0.39, 0.29) is 0 Å². The fourth-order valence-corrected chi connectivity index (χ4v) is 2.89. The minimum Gasteiger partial charge on any atom is -0.399 e. The average molecular weight is 268 g/mol. The van der Waals surface area contributed by atoms with Gasteiger partial charge in [-0.25, -0.2) is 0 Å². The summed E-state index contributed by atoms with van der Waals surface area (Å²) in [5, 5.41) is 0.728. The summed E-state index contributed by atoms with van der Waals surface area (Å²) < 4.78 is 0. The Labute approximate surface area is 115 Å². The first kappa shape index (κ1) is 13.7. The molecule has 1 heterocycles. The maximum absolute atomic E-state index is 6.04. The van der Waals surface area contributed by atoms with Crippen LogP contribution in [0.4, 0.5) is 5.69 Å². The molecule has 1 aromatic rings. The topological polar surface area (TPSA) is 32.5 Å².